The molecule has 0 aliphatic carbocycles. The van der Waals surface area contributed by atoms with E-state index in [2.05, 4.69) is 51.7 Å². The minimum atomic E-state index is 0.501. The second-order valence-corrected chi connectivity index (χ2v) is 6.44. The molecule has 0 aromatic carbocycles. The first-order valence-electron chi connectivity index (χ1n) is 6.35. The Morgan fingerprint density at radius 3 is 2.33 bits per heavy atom. The topological polar surface area (TPSA) is 12.0 Å². The van der Waals surface area contributed by atoms with Crippen LogP contribution in [0.1, 0.15) is 53.9 Å². The third-order valence-corrected chi connectivity index (χ3v) is 3.75. The van der Waals surface area contributed by atoms with Gasteiger partial charge >= 0.3 is 0 Å². The fourth-order valence-corrected chi connectivity index (χ4v) is 2.74. The van der Waals surface area contributed by atoms with Crippen molar-refractivity contribution < 1.29 is 0 Å². The normalized spacial score (nSPS) is 15.6. The van der Waals surface area contributed by atoms with E-state index in [1.165, 1.54) is 37.3 Å². The van der Waals surface area contributed by atoms with Crippen LogP contribution in [0.3, 0.4) is 0 Å². The van der Waals surface area contributed by atoms with Crippen molar-refractivity contribution in [1.82, 2.24) is 5.32 Å². The molecule has 0 aromatic rings. The summed E-state index contributed by atoms with van der Waals surface area (Å²) in [7, 11) is 0. The van der Waals surface area contributed by atoms with Gasteiger partial charge < -0.3 is 5.32 Å². The van der Waals surface area contributed by atoms with Crippen molar-refractivity contribution in [3.8, 4) is 0 Å². The van der Waals surface area contributed by atoms with E-state index in [1.54, 1.807) is 0 Å². The molecule has 0 fully saturated rings. The molecule has 0 spiro atoms. The van der Waals surface area contributed by atoms with Crippen LogP contribution >= 0.6 is 11.8 Å². The summed E-state index contributed by atoms with van der Waals surface area (Å²) >= 11 is 2.07. The number of hydrogen-bond acceptors (Lipinski definition) is 2. The summed E-state index contributed by atoms with van der Waals surface area (Å²) in [6.45, 7) is 12.6. The lowest BCUT2D eigenvalue weighted by molar-refractivity contribution is 0.261. The molecule has 0 radical (unpaired) electrons. The van der Waals surface area contributed by atoms with Gasteiger partial charge in [0.2, 0.25) is 0 Å². The lowest BCUT2D eigenvalue weighted by Crippen LogP contribution is -2.36. The van der Waals surface area contributed by atoms with E-state index < -0.39 is 0 Å². The molecule has 1 atom stereocenters. The largest absolute Gasteiger partial charge is 0.314 e. The van der Waals surface area contributed by atoms with Crippen LogP contribution in [-0.2, 0) is 0 Å². The van der Waals surface area contributed by atoms with Crippen molar-refractivity contribution in [3.63, 3.8) is 0 Å². The van der Waals surface area contributed by atoms with E-state index in [9.17, 15) is 0 Å². The Kier molecular flexibility index (Phi) is 8.64. The van der Waals surface area contributed by atoms with E-state index in [1.807, 2.05) is 0 Å². The molecule has 92 valence electrons. The second kappa shape index (κ2) is 8.46. The Hall–Kier alpha value is 0.310. The molecule has 0 rings (SSSR count). The zero-order chi connectivity index (χ0) is 11.7. The maximum absolute atomic E-state index is 3.59. The number of hydrogen-bond donors (Lipinski definition) is 1. The highest BCUT2D eigenvalue weighted by Gasteiger charge is 2.22. The van der Waals surface area contributed by atoms with Gasteiger partial charge in [-0.15, -0.1) is 0 Å². The molecule has 1 unspecified atom stereocenters. The molecular weight excluding hydrogens is 202 g/mol. The van der Waals surface area contributed by atoms with Gasteiger partial charge in [0.05, 0.1) is 0 Å². The molecule has 15 heavy (non-hydrogen) atoms. The molecule has 1 nitrogen and oxygen atoms in total. The first-order valence-corrected chi connectivity index (χ1v) is 7.50. The number of nitrogens with one attached hydrogen (secondary N) is 1. The smallest absolute Gasteiger partial charge is 0.00106 e. The van der Waals surface area contributed by atoms with Gasteiger partial charge in [0.25, 0.3) is 0 Å². The molecule has 0 heterocycles. The number of thioether (sulfide) groups is 1. The summed E-state index contributed by atoms with van der Waals surface area (Å²) in [5, 5.41) is 3.59. The molecule has 0 bridgehead atoms. The highest BCUT2D eigenvalue weighted by molar-refractivity contribution is 7.99. The van der Waals surface area contributed by atoms with Gasteiger partial charge in [0.1, 0.15) is 0 Å². The Morgan fingerprint density at radius 2 is 1.87 bits per heavy atom. The monoisotopic (exact) mass is 231 g/mol. The molecule has 0 amide bonds. The van der Waals surface area contributed by atoms with Gasteiger partial charge in [-0.05, 0) is 29.8 Å². The maximum atomic E-state index is 3.59. The van der Waals surface area contributed by atoms with E-state index in [0.29, 0.717) is 11.5 Å². The van der Waals surface area contributed by atoms with Crippen molar-refractivity contribution in [2.75, 3.05) is 18.1 Å². The zero-order valence-corrected chi connectivity index (χ0v) is 12.0. The van der Waals surface area contributed by atoms with Gasteiger partial charge in [-0.25, -0.2) is 0 Å². The highest BCUT2D eigenvalue weighted by atomic mass is 32.2. The molecule has 1 N–H and O–H groups in total. The van der Waals surface area contributed by atoms with E-state index in [0.717, 1.165) is 0 Å². The lowest BCUT2D eigenvalue weighted by Gasteiger charge is -2.30. The molecule has 0 saturated carbocycles. The van der Waals surface area contributed by atoms with Crippen LogP contribution in [0.25, 0.3) is 0 Å². The Bertz CT molecular complexity index is 147. The van der Waals surface area contributed by atoms with Gasteiger partial charge in [0.15, 0.2) is 0 Å². The predicted molar refractivity (Wildman–Crippen MR) is 73.8 cm³/mol. The highest BCUT2D eigenvalue weighted by Crippen LogP contribution is 2.28. The first-order chi connectivity index (χ1) is 7.04. The van der Waals surface area contributed by atoms with Crippen LogP contribution in [0.15, 0.2) is 0 Å². The molecule has 0 saturated heterocycles. The van der Waals surface area contributed by atoms with Crippen LogP contribution in [0.4, 0.5) is 0 Å². The molecule has 0 aliphatic heterocycles. The first kappa shape index (κ1) is 15.3. The van der Waals surface area contributed by atoms with Gasteiger partial charge in [0, 0.05) is 12.6 Å². The Balaban J connectivity index is 3.94. The van der Waals surface area contributed by atoms with Crippen molar-refractivity contribution >= 4 is 11.8 Å². The molecule has 0 aliphatic rings. The van der Waals surface area contributed by atoms with Gasteiger partial charge in [-0.3, -0.25) is 0 Å². The minimum Gasteiger partial charge on any atom is -0.314 e. The van der Waals surface area contributed by atoms with Crippen molar-refractivity contribution in [2.24, 2.45) is 5.41 Å². The predicted octanol–water partition coefficient (Wildman–Crippen LogP) is 3.93. The maximum Gasteiger partial charge on any atom is 0.00106 e. The summed E-state index contributed by atoms with van der Waals surface area (Å²) in [6, 6.07) is 0.611. The molecule has 2 heteroatoms. The van der Waals surface area contributed by atoms with Gasteiger partial charge in [-0.2, -0.15) is 11.8 Å². The van der Waals surface area contributed by atoms with Crippen LogP contribution in [0.2, 0.25) is 0 Å². The summed E-state index contributed by atoms with van der Waals surface area (Å²) in [5.74, 6) is 2.56. The zero-order valence-electron chi connectivity index (χ0n) is 11.2. The third kappa shape index (κ3) is 8.15. The van der Waals surface area contributed by atoms with Crippen molar-refractivity contribution in [2.45, 2.75) is 59.9 Å². The SMILES string of the molecule is CCCC(C)(CCSCC)CNC(C)C. The van der Waals surface area contributed by atoms with E-state index in [4.69, 9.17) is 0 Å². The Morgan fingerprint density at radius 1 is 1.20 bits per heavy atom. The minimum absolute atomic E-state index is 0.501. The summed E-state index contributed by atoms with van der Waals surface area (Å²) in [5.41, 5.74) is 0.501. The Labute approximate surface area is 101 Å². The average molecular weight is 231 g/mol. The van der Waals surface area contributed by atoms with Crippen molar-refractivity contribution in [3.05, 3.63) is 0 Å². The fourth-order valence-electron chi connectivity index (χ4n) is 1.82. The fraction of sp³-hybridized carbons (Fsp3) is 1.00. The quantitative estimate of drug-likeness (QED) is 0.603. The van der Waals surface area contributed by atoms with Crippen molar-refractivity contribution in [1.29, 1.82) is 0 Å². The molecule has 0 aromatic heterocycles. The van der Waals surface area contributed by atoms with Crippen LogP contribution < -0.4 is 5.32 Å². The third-order valence-electron chi connectivity index (χ3n) is 2.84. The van der Waals surface area contributed by atoms with E-state index >= 15 is 0 Å². The standard InChI is InChI=1S/C13H29NS/c1-6-8-13(5,9-10-15-7-2)11-14-12(3)4/h12,14H,6-11H2,1-5H3. The lowest BCUT2D eigenvalue weighted by atomic mass is 9.82. The van der Waals surface area contributed by atoms with Crippen LogP contribution in [0, 0.1) is 5.41 Å². The average Bonchev–Trinajstić information content (AvgIpc) is 2.16. The summed E-state index contributed by atoms with van der Waals surface area (Å²) in [4.78, 5) is 0. The van der Waals surface area contributed by atoms with E-state index in [-0.39, 0.29) is 0 Å². The summed E-state index contributed by atoms with van der Waals surface area (Å²) in [6.07, 6.45) is 3.99. The summed E-state index contributed by atoms with van der Waals surface area (Å²) < 4.78 is 0. The number of rotatable bonds is 9. The molecular formula is C13H29NS. The van der Waals surface area contributed by atoms with Crippen LogP contribution in [0.5, 0.6) is 0 Å². The van der Waals surface area contributed by atoms with Gasteiger partial charge in [-0.1, -0.05) is 41.0 Å². The second-order valence-electron chi connectivity index (χ2n) is 5.04. The van der Waals surface area contributed by atoms with Crippen LogP contribution in [-0.4, -0.2) is 24.1 Å².